The van der Waals surface area contributed by atoms with Gasteiger partial charge in [0.15, 0.2) is 5.82 Å². The molecule has 0 unspecified atom stereocenters. The van der Waals surface area contributed by atoms with E-state index in [-0.39, 0.29) is 5.91 Å². The van der Waals surface area contributed by atoms with Crippen LogP contribution in [-0.4, -0.2) is 20.7 Å². The fraction of sp³-hybridized carbons (Fsp3) is 0.0870. The second-order valence-electron chi connectivity index (χ2n) is 6.55. The maximum absolute atomic E-state index is 13.0. The number of hydrogen-bond acceptors (Lipinski definition) is 4. The van der Waals surface area contributed by atoms with E-state index in [9.17, 15) is 4.79 Å². The van der Waals surface area contributed by atoms with Gasteiger partial charge in [-0.15, -0.1) is 5.10 Å². The van der Waals surface area contributed by atoms with Crippen LogP contribution in [0.5, 0.6) is 0 Å². The lowest BCUT2D eigenvalue weighted by Gasteiger charge is -2.07. The molecule has 1 heterocycles. The standard InChI is InChI=1S/C23H20N4O/c1-17-12-14-19(15-13-17)21-25-23(24-16-18-8-4-2-5-9-18)27(26-21)22(28)20-10-6-3-7-11-20/h2-15H,16H2,1H3,(H,24,25,26). The maximum Gasteiger partial charge on any atom is 0.281 e. The van der Waals surface area contributed by atoms with Crippen molar-refractivity contribution >= 4 is 11.9 Å². The summed E-state index contributed by atoms with van der Waals surface area (Å²) in [5.74, 6) is 0.718. The molecule has 0 amide bonds. The van der Waals surface area contributed by atoms with Crippen molar-refractivity contribution in [3.8, 4) is 11.4 Å². The number of nitrogens with one attached hydrogen (secondary N) is 1. The lowest BCUT2D eigenvalue weighted by Crippen LogP contribution is -2.17. The van der Waals surface area contributed by atoms with Gasteiger partial charge in [0.25, 0.3) is 5.91 Å². The molecule has 4 rings (SSSR count). The predicted molar refractivity (Wildman–Crippen MR) is 110 cm³/mol. The zero-order valence-electron chi connectivity index (χ0n) is 15.5. The van der Waals surface area contributed by atoms with E-state index < -0.39 is 0 Å². The molecule has 28 heavy (non-hydrogen) atoms. The Morgan fingerprint density at radius 1 is 0.893 bits per heavy atom. The predicted octanol–water partition coefficient (Wildman–Crippen LogP) is 4.55. The van der Waals surface area contributed by atoms with Gasteiger partial charge >= 0.3 is 0 Å². The van der Waals surface area contributed by atoms with Crippen LogP contribution in [0.4, 0.5) is 5.95 Å². The minimum atomic E-state index is -0.220. The maximum atomic E-state index is 13.0. The number of rotatable bonds is 5. The van der Waals surface area contributed by atoms with Crippen molar-refractivity contribution in [1.82, 2.24) is 14.8 Å². The van der Waals surface area contributed by atoms with E-state index >= 15 is 0 Å². The third-order valence-electron chi connectivity index (χ3n) is 4.42. The Balaban J connectivity index is 1.69. The summed E-state index contributed by atoms with van der Waals surface area (Å²) < 4.78 is 1.34. The first-order valence-electron chi connectivity index (χ1n) is 9.12. The van der Waals surface area contributed by atoms with Gasteiger partial charge in [0, 0.05) is 17.7 Å². The quantitative estimate of drug-likeness (QED) is 0.561. The van der Waals surface area contributed by atoms with Gasteiger partial charge in [-0.2, -0.15) is 9.67 Å². The van der Waals surface area contributed by atoms with Gasteiger partial charge in [0.05, 0.1) is 0 Å². The highest BCUT2D eigenvalue weighted by Crippen LogP contribution is 2.20. The van der Waals surface area contributed by atoms with Gasteiger partial charge in [-0.05, 0) is 24.6 Å². The molecular formula is C23H20N4O. The molecule has 1 N–H and O–H groups in total. The Bertz CT molecular complexity index is 1070. The normalized spacial score (nSPS) is 10.6. The lowest BCUT2D eigenvalue weighted by atomic mass is 10.1. The molecule has 0 aliphatic heterocycles. The largest absolute Gasteiger partial charge is 0.350 e. The van der Waals surface area contributed by atoms with E-state index in [1.807, 2.05) is 79.7 Å². The first-order chi connectivity index (χ1) is 13.7. The number of carbonyl (C=O) groups is 1. The molecule has 5 heteroatoms. The molecule has 0 aliphatic carbocycles. The van der Waals surface area contributed by atoms with Crippen LogP contribution in [0.25, 0.3) is 11.4 Å². The second kappa shape index (κ2) is 7.88. The molecule has 3 aromatic carbocycles. The SMILES string of the molecule is Cc1ccc(-c2nc(NCc3ccccc3)n(C(=O)c3ccccc3)n2)cc1. The molecule has 0 aliphatic rings. The van der Waals surface area contributed by atoms with Crippen molar-refractivity contribution in [2.24, 2.45) is 0 Å². The van der Waals surface area contributed by atoms with Crippen LogP contribution in [0.2, 0.25) is 0 Å². The minimum absolute atomic E-state index is 0.220. The topological polar surface area (TPSA) is 59.8 Å². The monoisotopic (exact) mass is 368 g/mol. The summed E-state index contributed by atoms with van der Waals surface area (Å²) in [4.78, 5) is 17.6. The average molecular weight is 368 g/mol. The van der Waals surface area contributed by atoms with Crippen molar-refractivity contribution in [1.29, 1.82) is 0 Å². The molecule has 0 atom stereocenters. The van der Waals surface area contributed by atoms with Crippen LogP contribution < -0.4 is 5.32 Å². The summed E-state index contributed by atoms with van der Waals surface area (Å²) in [5, 5.41) is 7.74. The van der Waals surface area contributed by atoms with Crippen molar-refractivity contribution in [3.63, 3.8) is 0 Å². The number of aryl methyl sites for hydroxylation is 1. The molecule has 4 aromatic rings. The van der Waals surface area contributed by atoms with Crippen LogP contribution in [0, 0.1) is 6.92 Å². The lowest BCUT2D eigenvalue weighted by molar-refractivity contribution is 0.0947. The van der Waals surface area contributed by atoms with E-state index in [4.69, 9.17) is 0 Å². The summed E-state index contributed by atoms with van der Waals surface area (Å²) in [6, 6.07) is 27.0. The zero-order chi connectivity index (χ0) is 19.3. The summed E-state index contributed by atoms with van der Waals surface area (Å²) in [5.41, 5.74) is 3.69. The summed E-state index contributed by atoms with van der Waals surface area (Å²) in [6.45, 7) is 2.58. The smallest absolute Gasteiger partial charge is 0.281 e. The van der Waals surface area contributed by atoms with Gasteiger partial charge in [-0.3, -0.25) is 4.79 Å². The molecular weight excluding hydrogens is 348 g/mol. The van der Waals surface area contributed by atoms with Gasteiger partial charge in [0.2, 0.25) is 5.95 Å². The zero-order valence-corrected chi connectivity index (χ0v) is 15.5. The first kappa shape index (κ1) is 17.7. The number of aromatic nitrogens is 3. The van der Waals surface area contributed by atoms with Crippen molar-refractivity contribution in [2.45, 2.75) is 13.5 Å². The van der Waals surface area contributed by atoms with Crippen LogP contribution in [0.3, 0.4) is 0 Å². The van der Waals surface area contributed by atoms with Crippen molar-refractivity contribution in [2.75, 3.05) is 5.32 Å². The number of anilines is 1. The molecule has 0 radical (unpaired) electrons. The van der Waals surface area contributed by atoms with Gasteiger partial charge in [-0.25, -0.2) is 0 Å². The molecule has 0 bridgehead atoms. The Labute approximate surface area is 163 Å². The fourth-order valence-electron chi connectivity index (χ4n) is 2.87. The van der Waals surface area contributed by atoms with Crippen molar-refractivity contribution in [3.05, 3.63) is 102 Å². The van der Waals surface area contributed by atoms with Crippen LogP contribution in [0.15, 0.2) is 84.9 Å². The van der Waals surface area contributed by atoms with E-state index in [0.29, 0.717) is 23.9 Å². The van der Waals surface area contributed by atoms with Crippen LogP contribution in [0.1, 0.15) is 21.5 Å². The Kier molecular flexibility index (Phi) is 4.97. The van der Waals surface area contributed by atoms with Crippen LogP contribution in [-0.2, 0) is 6.54 Å². The Morgan fingerprint density at radius 2 is 1.54 bits per heavy atom. The molecule has 0 spiro atoms. The molecule has 138 valence electrons. The van der Waals surface area contributed by atoms with Gasteiger partial charge in [0.1, 0.15) is 0 Å². The first-order valence-corrected chi connectivity index (χ1v) is 9.12. The number of carbonyl (C=O) groups excluding carboxylic acids is 1. The Hall–Kier alpha value is -3.73. The van der Waals surface area contributed by atoms with E-state index in [0.717, 1.165) is 16.7 Å². The average Bonchev–Trinajstić information content (AvgIpc) is 3.18. The highest BCUT2D eigenvalue weighted by atomic mass is 16.2. The number of benzene rings is 3. The summed E-state index contributed by atoms with van der Waals surface area (Å²) in [7, 11) is 0. The summed E-state index contributed by atoms with van der Waals surface area (Å²) in [6.07, 6.45) is 0. The molecule has 5 nitrogen and oxygen atoms in total. The highest BCUT2D eigenvalue weighted by molar-refractivity contribution is 5.97. The van der Waals surface area contributed by atoms with Crippen LogP contribution >= 0.6 is 0 Å². The molecule has 1 aromatic heterocycles. The third kappa shape index (κ3) is 3.83. The second-order valence-corrected chi connectivity index (χ2v) is 6.55. The molecule has 0 saturated carbocycles. The van der Waals surface area contributed by atoms with E-state index in [2.05, 4.69) is 15.4 Å². The highest BCUT2D eigenvalue weighted by Gasteiger charge is 2.18. The fourth-order valence-corrected chi connectivity index (χ4v) is 2.87. The Morgan fingerprint density at radius 3 is 2.21 bits per heavy atom. The minimum Gasteiger partial charge on any atom is -0.350 e. The molecule has 0 saturated heterocycles. The van der Waals surface area contributed by atoms with E-state index in [1.54, 1.807) is 12.1 Å². The van der Waals surface area contributed by atoms with Crippen molar-refractivity contribution < 1.29 is 4.79 Å². The number of hydrogen-bond donors (Lipinski definition) is 1. The molecule has 0 fully saturated rings. The van der Waals surface area contributed by atoms with Gasteiger partial charge < -0.3 is 5.32 Å². The summed E-state index contributed by atoms with van der Waals surface area (Å²) >= 11 is 0. The third-order valence-corrected chi connectivity index (χ3v) is 4.42. The van der Waals surface area contributed by atoms with E-state index in [1.165, 1.54) is 4.68 Å². The van der Waals surface area contributed by atoms with Gasteiger partial charge in [-0.1, -0.05) is 78.4 Å². The number of nitrogens with zero attached hydrogens (tertiary/aromatic N) is 3.